The Labute approximate surface area is 57.1 Å². The summed E-state index contributed by atoms with van der Waals surface area (Å²) in [5.41, 5.74) is 0. The molecular weight excluding hydrogens is 134 g/mol. The summed E-state index contributed by atoms with van der Waals surface area (Å²) in [4.78, 5) is 8.95. The summed E-state index contributed by atoms with van der Waals surface area (Å²) in [5.74, 6) is 0. The van der Waals surface area contributed by atoms with Gasteiger partial charge in [-0.15, -0.1) is 0 Å². The zero-order chi connectivity index (χ0) is 6.08. The first-order chi connectivity index (χ1) is 2.94. The molecule has 0 aromatic carbocycles. The number of carboxylic acid groups (broad SMARTS) is 1. The minimum absolute atomic E-state index is 0. The molecule has 0 aliphatic carbocycles. The van der Waals surface area contributed by atoms with Crippen LogP contribution in [0.2, 0.25) is 0 Å². The third-order valence-electron chi connectivity index (χ3n) is 0.199. The van der Waals surface area contributed by atoms with Gasteiger partial charge < -0.3 is 9.90 Å². The third-order valence-corrected chi connectivity index (χ3v) is 0.597. The van der Waals surface area contributed by atoms with Crippen LogP contribution in [0.25, 0.3) is 0 Å². The van der Waals surface area contributed by atoms with Crippen LogP contribution >= 0.6 is 0 Å². The van der Waals surface area contributed by atoms with E-state index in [-0.39, 0.29) is 18.9 Å². The fourth-order valence-electron chi connectivity index (χ4n) is 0. The molecule has 0 spiro atoms. The largest absolute Gasteiger partial charge is 1.00 e. The maximum absolute atomic E-state index is 10.8. The average Bonchev–Trinajstić information content (AvgIpc) is 1.31. The molecule has 0 amide bonds. The van der Waals surface area contributed by atoms with Gasteiger partial charge in [0.25, 0.3) is 0 Å². The molecule has 42 valence electrons. The first kappa shape index (κ1) is 10.8. The predicted octanol–water partition coefficient (Wildman–Crippen LogP) is -4.37. The molecule has 0 unspecified atom stereocenters. The van der Waals surface area contributed by atoms with Gasteiger partial charge in [0.15, 0.2) is 5.30 Å². The Morgan fingerprint density at radius 2 is 1.62 bits per heavy atom. The van der Waals surface area contributed by atoms with Crippen molar-refractivity contribution in [2.75, 3.05) is 0 Å². The summed E-state index contributed by atoms with van der Waals surface area (Å²) in [5, 5.41) is 6.25. The Morgan fingerprint density at radius 3 is 1.62 bits per heavy atom. The van der Waals surface area contributed by atoms with Gasteiger partial charge in [0.2, 0.25) is 0 Å². The number of rotatable bonds is 0. The van der Waals surface area contributed by atoms with E-state index in [1.54, 1.807) is 0 Å². The standard InChI is InChI=1S/CHFO4S.Li/c2-7(5,6)1(3)4;/h(H,3,4);/q;+1/p-1. The predicted molar refractivity (Wildman–Crippen MR) is 15.4 cm³/mol. The van der Waals surface area contributed by atoms with Crippen molar-refractivity contribution in [3.63, 3.8) is 0 Å². The van der Waals surface area contributed by atoms with Gasteiger partial charge in [-0.05, 0) is 0 Å². The van der Waals surface area contributed by atoms with Crippen LogP contribution in [-0.4, -0.2) is 13.7 Å². The summed E-state index contributed by atoms with van der Waals surface area (Å²) in [6.45, 7) is 0. The van der Waals surface area contributed by atoms with Crippen LogP contribution in [0.1, 0.15) is 0 Å². The van der Waals surface area contributed by atoms with Gasteiger partial charge in [0, 0.05) is 0 Å². The summed E-state index contributed by atoms with van der Waals surface area (Å²) in [7, 11) is -5.44. The molecule has 0 atom stereocenters. The van der Waals surface area contributed by atoms with Crippen LogP contribution in [0.4, 0.5) is 8.68 Å². The maximum atomic E-state index is 10.8. The second-order valence-electron chi connectivity index (χ2n) is 0.688. The van der Waals surface area contributed by atoms with Crippen LogP contribution in [-0.2, 0) is 10.2 Å². The van der Waals surface area contributed by atoms with Gasteiger partial charge in [-0.1, -0.05) is 3.89 Å². The number of hydrogen-bond acceptors (Lipinski definition) is 4. The van der Waals surface area contributed by atoms with Crippen molar-refractivity contribution >= 4 is 15.5 Å². The molecule has 0 N–H and O–H groups in total. The summed E-state index contributed by atoms with van der Waals surface area (Å²) < 4.78 is 28.8. The molecule has 0 aromatic heterocycles. The van der Waals surface area contributed by atoms with Crippen molar-refractivity contribution in [1.29, 1.82) is 0 Å². The van der Waals surface area contributed by atoms with Crippen LogP contribution in [0.3, 0.4) is 0 Å². The topological polar surface area (TPSA) is 74.3 Å². The van der Waals surface area contributed by atoms with E-state index in [1.165, 1.54) is 0 Å². The van der Waals surface area contributed by atoms with Crippen molar-refractivity contribution in [3.05, 3.63) is 0 Å². The van der Waals surface area contributed by atoms with Gasteiger partial charge in [0.05, 0.1) is 0 Å². The van der Waals surface area contributed by atoms with Crippen molar-refractivity contribution < 1.29 is 41.1 Å². The number of halogens is 1. The summed E-state index contributed by atoms with van der Waals surface area (Å²) in [6.07, 6.45) is 0. The molecule has 0 heterocycles. The fraction of sp³-hybridized carbons (Fsp3) is 0. The first-order valence-electron chi connectivity index (χ1n) is 1.10. The number of hydrogen-bond donors (Lipinski definition) is 0. The minimum atomic E-state index is -5.44. The van der Waals surface area contributed by atoms with E-state index in [0.29, 0.717) is 0 Å². The molecule has 0 aliphatic rings. The van der Waals surface area contributed by atoms with E-state index in [4.69, 9.17) is 18.3 Å². The molecule has 0 rings (SSSR count). The normalized spacial score (nSPS) is 9.62. The quantitative estimate of drug-likeness (QED) is 0.248. The second kappa shape index (κ2) is 3.07. The van der Waals surface area contributed by atoms with E-state index >= 15 is 0 Å². The average molecular weight is 134 g/mol. The minimum Gasteiger partial charge on any atom is -0.533 e. The molecule has 0 fully saturated rings. The Morgan fingerprint density at radius 1 is 1.50 bits per heavy atom. The molecule has 0 aliphatic heterocycles. The van der Waals surface area contributed by atoms with Gasteiger partial charge in [0.1, 0.15) is 0 Å². The van der Waals surface area contributed by atoms with Crippen LogP contribution < -0.4 is 24.0 Å². The van der Waals surface area contributed by atoms with Gasteiger partial charge in [-0.2, -0.15) is 8.42 Å². The summed E-state index contributed by atoms with van der Waals surface area (Å²) >= 11 is 0. The van der Waals surface area contributed by atoms with Crippen LogP contribution in [0, 0.1) is 0 Å². The molecule has 4 nitrogen and oxygen atoms in total. The molecule has 0 saturated heterocycles. The van der Waals surface area contributed by atoms with Crippen molar-refractivity contribution in [1.82, 2.24) is 0 Å². The van der Waals surface area contributed by atoms with E-state index in [9.17, 15) is 3.89 Å². The smallest absolute Gasteiger partial charge is 0.533 e. The van der Waals surface area contributed by atoms with Crippen LogP contribution in [0.5, 0.6) is 0 Å². The Kier molecular flexibility index (Phi) is 4.16. The number of carbonyl (C=O) groups excluding carboxylic acids is 1. The Hall–Kier alpha value is -0.0526. The second-order valence-corrected chi connectivity index (χ2v) is 1.90. The van der Waals surface area contributed by atoms with Gasteiger partial charge in [-0.25, -0.2) is 0 Å². The van der Waals surface area contributed by atoms with E-state index in [1.807, 2.05) is 0 Å². The molecule has 8 heavy (non-hydrogen) atoms. The molecule has 0 radical (unpaired) electrons. The zero-order valence-electron chi connectivity index (χ0n) is 3.92. The molecule has 0 bridgehead atoms. The first-order valence-corrected chi connectivity index (χ1v) is 2.48. The van der Waals surface area contributed by atoms with Gasteiger partial charge in [-0.3, -0.25) is 0 Å². The van der Waals surface area contributed by atoms with E-state index < -0.39 is 15.5 Å². The van der Waals surface area contributed by atoms with Crippen molar-refractivity contribution in [3.8, 4) is 0 Å². The fourth-order valence-corrected chi connectivity index (χ4v) is 0. The molecule has 7 heteroatoms. The third kappa shape index (κ3) is 4.12. The molecule has 0 saturated carbocycles. The van der Waals surface area contributed by atoms with E-state index in [0.717, 1.165) is 0 Å². The van der Waals surface area contributed by atoms with Crippen molar-refractivity contribution in [2.45, 2.75) is 0 Å². The van der Waals surface area contributed by atoms with Crippen molar-refractivity contribution in [2.24, 2.45) is 0 Å². The van der Waals surface area contributed by atoms with E-state index in [2.05, 4.69) is 0 Å². The molecular formula is CFLiO4S. The monoisotopic (exact) mass is 134 g/mol. The summed E-state index contributed by atoms with van der Waals surface area (Å²) in [6, 6.07) is 0. The number of carbonyl (C=O) groups is 1. The Bertz CT molecular complexity index is 170. The Balaban J connectivity index is 0. The zero-order valence-corrected chi connectivity index (χ0v) is 4.74. The van der Waals surface area contributed by atoms with Crippen LogP contribution in [0.15, 0.2) is 0 Å². The SMILES string of the molecule is O=C([O-])S(=O)(=O)F.[Li+]. The van der Waals surface area contributed by atoms with Gasteiger partial charge >= 0.3 is 29.1 Å². The maximum Gasteiger partial charge on any atom is 1.00 e. The molecule has 0 aromatic rings.